The smallest absolute Gasteiger partial charge is 0.390 e. The number of β-amino-alcohol motifs (C(OH)–C–C–N with tert-alkyl or cyclic N) is 1. The molecule has 4 rings (SSSR count). The second kappa shape index (κ2) is 10.9. The van der Waals surface area contributed by atoms with Crippen LogP contribution in [0.1, 0.15) is 47.2 Å². The van der Waals surface area contributed by atoms with Crippen LogP contribution in [0.2, 0.25) is 0 Å². The molecule has 196 valence electrons. The van der Waals surface area contributed by atoms with Gasteiger partial charge < -0.3 is 15.7 Å². The normalized spacial score (nSPS) is 26.3. The Kier molecular flexibility index (Phi) is 7.85. The number of alkyl halides is 3. The van der Waals surface area contributed by atoms with Crippen molar-refractivity contribution in [3.8, 4) is 6.07 Å². The molecule has 37 heavy (non-hydrogen) atoms. The molecule has 2 aromatic rings. The number of hydrogen-bond acceptors (Lipinski definition) is 5. The number of carbonyl (C=O) groups is 2. The molecule has 0 unspecified atom stereocenters. The van der Waals surface area contributed by atoms with Crippen LogP contribution in [0.15, 0.2) is 54.6 Å². The van der Waals surface area contributed by atoms with Gasteiger partial charge in [-0.1, -0.05) is 36.4 Å². The van der Waals surface area contributed by atoms with Gasteiger partial charge in [0.15, 0.2) is 0 Å². The Morgan fingerprint density at radius 2 is 1.78 bits per heavy atom. The summed E-state index contributed by atoms with van der Waals surface area (Å²) < 4.78 is 38.6. The Morgan fingerprint density at radius 1 is 1.08 bits per heavy atom. The molecule has 1 aliphatic carbocycles. The number of hydrogen-bond donors (Lipinski definition) is 3. The van der Waals surface area contributed by atoms with Gasteiger partial charge in [-0.2, -0.15) is 18.4 Å². The van der Waals surface area contributed by atoms with E-state index < -0.39 is 47.7 Å². The molecule has 0 aromatic heterocycles. The fourth-order valence-corrected chi connectivity index (χ4v) is 5.30. The fraction of sp³-hybridized carbons (Fsp3) is 0.444. The second-order valence-corrected chi connectivity index (χ2v) is 9.75. The van der Waals surface area contributed by atoms with Gasteiger partial charge in [0.25, 0.3) is 5.91 Å². The molecule has 7 nitrogen and oxygen atoms in total. The van der Waals surface area contributed by atoms with E-state index in [1.807, 2.05) is 30.3 Å². The van der Waals surface area contributed by atoms with E-state index in [1.54, 1.807) is 0 Å². The van der Waals surface area contributed by atoms with Gasteiger partial charge in [-0.25, -0.2) is 0 Å². The van der Waals surface area contributed by atoms with Crippen molar-refractivity contribution in [1.29, 1.82) is 5.26 Å². The predicted octanol–water partition coefficient (Wildman–Crippen LogP) is 3.00. The van der Waals surface area contributed by atoms with E-state index in [4.69, 9.17) is 0 Å². The third kappa shape index (κ3) is 6.12. The Morgan fingerprint density at radius 3 is 2.43 bits per heavy atom. The number of halogens is 3. The lowest BCUT2D eigenvalue weighted by molar-refractivity contribution is -0.137. The molecule has 2 fully saturated rings. The molecule has 1 aliphatic heterocycles. The number of amides is 2. The van der Waals surface area contributed by atoms with Crippen LogP contribution in [0.5, 0.6) is 0 Å². The highest BCUT2D eigenvalue weighted by Crippen LogP contribution is 2.41. The highest BCUT2D eigenvalue weighted by atomic mass is 19.4. The van der Waals surface area contributed by atoms with Gasteiger partial charge in [0, 0.05) is 24.7 Å². The summed E-state index contributed by atoms with van der Waals surface area (Å²) >= 11 is 0. The first-order valence-electron chi connectivity index (χ1n) is 12.2. The minimum atomic E-state index is -4.58. The van der Waals surface area contributed by atoms with E-state index >= 15 is 0 Å². The lowest BCUT2D eigenvalue weighted by Gasteiger charge is -2.39. The molecule has 2 aromatic carbocycles. The molecule has 0 spiro atoms. The average molecular weight is 515 g/mol. The zero-order valence-electron chi connectivity index (χ0n) is 20.2. The van der Waals surface area contributed by atoms with E-state index in [0.29, 0.717) is 25.9 Å². The quantitative estimate of drug-likeness (QED) is 0.550. The van der Waals surface area contributed by atoms with Crippen LogP contribution in [0.3, 0.4) is 0 Å². The minimum Gasteiger partial charge on any atom is -0.390 e. The molecule has 1 saturated carbocycles. The number of nitriles is 1. The Hall–Kier alpha value is -3.42. The van der Waals surface area contributed by atoms with Gasteiger partial charge in [-0.05, 0) is 49.4 Å². The van der Waals surface area contributed by atoms with Crippen molar-refractivity contribution in [3.63, 3.8) is 0 Å². The maximum atomic E-state index is 12.9. The standard InChI is InChI=1S/C27H29F3N4O3/c28-27(29,30)20-8-4-5-18(13-20)25(37)32-14-24(36)33-22-15-34(16-23(22)35)21-9-11-26(17-31,12-10-21)19-6-2-1-3-7-19/h1-8,13,21-23,35H,9-12,14-16H2,(H,32,37)(H,33,36)/t21?,22-,23-,26?/m0/s1. The highest BCUT2D eigenvalue weighted by Gasteiger charge is 2.42. The molecule has 10 heteroatoms. The Balaban J connectivity index is 1.26. The van der Waals surface area contributed by atoms with Crippen LogP contribution in [0.4, 0.5) is 13.2 Å². The number of nitrogens with one attached hydrogen (secondary N) is 2. The molecule has 2 amide bonds. The zero-order valence-corrected chi connectivity index (χ0v) is 20.2. The zero-order chi connectivity index (χ0) is 26.6. The maximum absolute atomic E-state index is 12.9. The molecule has 1 saturated heterocycles. The van der Waals surface area contributed by atoms with Crippen molar-refractivity contribution in [2.45, 2.75) is 55.5 Å². The van der Waals surface area contributed by atoms with Crippen LogP contribution in [-0.4, -0.2) is 59.6 Å². The number of aliphatic hydroxyl groups excluding tert-OH is 1. The van der Waals surface area contributed by atoms with Gasteiger partial charge in [0.05, 0.1) is 35.7 Å². The number of carbonyl (C=O) groups excluding carboxylic acids is 2. The number of nitrogens with zero attached hydrogens (tertiary/aromatic N) is 2. The van der Waals surface area contributed by atoms with E-state index in [0.717, 1.165) is 36.6 Å². The lowest BCUT2D eigenvalue weighted by Crippen LogP contribution is -2.47. The van der Waals surface area contributed by atoms with Gasteiger partial charge in [-0.15, -0.1) is 0 Å². The summed E-state index contributed by atoms with van der Waals surface area (Å²) in [7, 11) is 0. The van der Waals surface area contributed by atoms with Crippen molar-refractivity contribution < 1.29 is 27.9 Å². The molecule has 2 aliphatic rings. The molecular weight excluding hydrogens is 485 g/mol. The topological polar surface area (TPSA) is 105 Å². The van der Waals surface area contributed by atoms with E-state index in [1.165, 1.54) is 6.07 Å². The summed E-state index contributed by atoms with van der Waals surface area (Å²) in [5, 5.41) is 25.5. The first kappa shape index (κ1) is 26.6. The number of benzene rings is 2. The molecular formula is C27H29F3N4O3. The van der Waals surface area contributed by atoms with Gasteiger partial charge in [0.1, 0.15) is 0 Å². The fourth-order valence-electron chi connectivity index (χ4n) is 5.30. The van der Waals surface area contributed by atoms with Crippen LogP contribution >= 0.6 is 0 Å². The summed E-state index contributed by atoms with van der Waals surface area (Å²) in [6.45, 7) is 0.393. The Labute approximate surface area is 213 Å². The van der Waals surface area contributed by atoms with Gasteiger partial charge in [0.2, 0.25) is 5.91 Å². The third-order valence-electron chi connectivity index (χ3n) is 7.39. The monoisotopic (exact) mass is 514 g/mol. The second-order valence-electron chi connectivity index (χ2n) is 9.75. The predicted molar refractivity (Wildman–Crippen MR) is 129 cm³/mol. The average Bonchev–Trinajstić information content (AvgIpc) is 3.27. The SMILES string of the molecule is N#CC1(c2ccccc2)CCC(N2C[C@H](NC(=O)CNC(=O)c3cccc(C(F)(F)F)c3)[C@@H](O)C2)CC1. The molecule has 0 radical (unpaired) electrons. The molecule has 0 bridgehead atoms. The van der Waals surface area contributed by atoms with Crippen molar-refractivity contribution in [2.24, 2.45) is 0 Å². The van der Waals surface area contributed by atoms with E-state index in [9.17, 15) is 33.1 Å². The van der Waals surface area contributed by atoms with Crippen molar-refractivity contribution in [2.75, 3.05) is 19.6 Å². The Bertz CT molecular complexity index is 1160. The minimum absolute atomic E-state index is 0.183. The third-order valence-corrected chi connectivity index (χ3v) is 7.39. The summed E-state index contributed by atoms with van der Waals surface area (Å²) in [4.78, 5) is 26.8. The first-order chi connectivity index (χ1) is 17.6. The maximum Gasteiger partial charge on any atom is 0.416 e. The number of aliphatic hydroxyl groups is 1. The number of rotatable bonds is 6. The number of likely N-dealkylation sites (tertiary alicyclic amines) is 1. The van der Waals surface area contributed by atoms with E-state index in [-0.39, 0.29) is 11.6 Å². The summed E-state index contributed by atoms with van der Waals surface area (Å²) in [6, 6.07) is 15.9. The molecule has 3 N–H and O–H groups in total. The van der Waals surface area contributed by atoms with Crippen LogP contribution in [-0.2, 0) is 16.4 Å². The van der Waals surface area contributed by atoms with Crippen LogP contribution < -0.4 is 10.6 Å². The molecule has 2 atom stereocenters. The highest BCUT2D eigenvalue weighted by molar-refractivity contribution is 5.96. The largest absolute Gasteiger partial charge is 0.416 e. The first-order valence-corrected chi connectivity index (χ1v) is 12.2. The van der Waals surface area contributed by atoms with Gasteiger partial charge in [-0.3, -0.25) is 14.5 Å². The summed E-state index contributed by atoms with van der Waals surface area (Å²) in [6.07, 6.45) is -2.35. The van der Waals surface area contributed by atoms with Crippen molar-refractivity contribution in [1.82, 2.24) is 15.5 Å². The van der Waals surface area contributed by atoms with Gasteiger partial charge >= 0.3 is 6.18 Å². The summed E-state index contributed by atoms with van der Waals surface area (Å²) in [5.74, 6) is -1.33. The molecule has 1 heterocycles. The summed E-state index contributed by atoms with van der Waals surface area (Å²) in [5.41, 5.74) is -0.635. The van der Waals surface area contributed by atoms with Crippen LogP contribution in [0.25, 0.3) is 0 Å². The lowest BCUT2D eigenvalue weighted by atomic mass is 9.69. The van der Waals surface area contributed by atoms with Crippen molar-refractivity contribution in [3.05, 3.63) is 71.3 Å². The van der Waals surface area contributed by atoms with E-state index in [2.05, 4.69) is 21.6 Å². The van der Waals surface area contributed by atoms with Crippen LogP contribution in [0, 0.1) is 11.3 Å². The van der Waals surface area contributed by atoms with Crippen molar-refractivity contribution >= 4 is 11.8 Å².